The van der Waals surface area contributed by atoms with Crippen molar-refractivity contribution < 1.29 is 9.84 Å². The van der Waals surface area contributed by atoms with E-state index in [9.17, 15) is 5.11 Å². The van der Waals surface area contributed by atoms with Crippen molar-refractivity contribution in [2.45, 2.75) is 13.2 Å². The molecule has 1 N–H and O–H groups in total. The van der Waals surface area contributed by atoms with E-state index in [1.54, 1.807) is 0 Å². The number of ether oxygens (including phenoxy) is 1. The van der Waals surface area contributed by atoms with Crippen molar-refractivity contribution in [3.05, 3.63) is 64.8 Å². The van der Waals surface area contributed by atoms with E-state index in [-0.39, 0.29) is 6.61 Å². The summed E-state index contributed by atoms with van der Waals surface area (Å²) in [6, 6.07) is 15.9. The molecule has 0 spiro atoms. The zero-order valence-corrected chi connectivity index (χ0v) is 13.1. The second kappa shape index (κ2) is 6.33. The Morgan fingerprint density at radius 3 is 2.76 bits per heavy atom. The maximum Gasteiger partial charge on any atom is 0.120 e. The van der Waals surface area contributed by atoms with Crippen molar-refractivity contribution in [3.8, 4) is 5.75 Å². The van der Waals surface area contributed by atoms with Crippen molar-refractivity contribution in [1.29, 1.82) is 0 Å². The third kappa shape index (κ3) is 3.12. The lowest BCUT2D eigenvalue weighted by molar-refractivity contribution is 0.283. The molecule has 0 radical (unpaired) electrons. The van der Waals surface area contributed by atoms with E-state index in [2.05, 4.69) is 26.6 Å². The van der Waals surface area contributed by atoms with Crippen LogP contribution in [-0.2, 0) is 13.2 Å². The normalized spacial score (nSPS) is 11.0. The Hall–Kier alpha value is -1.78. The van der Waals surface area contributed by atoms with E-state index in [1.165, 1.54) is 0 Å². The molecule has 1 aromatic heterocycles. The van der Waals surface area contributed by atoms with Crippen molar-refractivity contribution >= 4 is 26.8 Å². The first-order valence-corrected chi connectivity index (χ1v) is 7.63. The molecular weight excluding hydrogens is 330 g/mol. The Labute approximate surface area is 131 Å². The van der Waals surface area contributed by atoms with E-state index in [0.29, 0.717) is 6.61 Å². The molecule has 0 saturated heterocycles. The molecule has 2 aromatic carbocycles. The molecule has 0 atom stereocenters. The average Bonchev–Trinajstić information content (AvgIpc) is 2.91. The molecule has 3 aromatic rings. The molecule has 3 nitrogen and oxygen atoms in total. The molecule has 0 bridgehead atoms. The summed E-state index contributed by atoms with van der Waals surface area (Å²) in [5.74, 6) is 0.858. The second-order valence-corrected chi connectivity index (χ2v) is 5.74. The molecule has 21 heavy (non-hydrogen) atoms. The molecule has 0 amide bonds. The zero-order chi connectivity index (χ0) is 14.7. The van der Waals surface area contributed by atoms with Crippen LogP contribution >= 0.6 is 15.9 Å². The maximum absolute atomic E-state index is 9.36. The minimum Gasteiger partial charge on any atom is -0.492 e. The van der Waals surface area contributed by atoms with Crippen LogP contribution in [0.2, 0.25) is 0 Å². The van der Waals surface area contributed by atoms with Crippen molar-refractivity contribution in [1.82, 2.24) is 4.57 Å². The van der Waals surface area contributed by atoms with Crippen LogP contribution in [0.1, 0.15) is 5.56 Å². The van der Waals surface area contributed by atoms with Gasteiger partial charge in [-0.1, -0.05) is 34.1 Å². The highest BCUT2D eigenvalue weighted by molar-refractivity contribution is 9.10. The molecule has 0 fully saturated rings. The van der Waals surface area contributed by atoms with Gasteiger partial charge in [-0.05, 0) is 35.9 Å². The summed E-state index contributed by atoms with van der Waals surface area (Å²) in [5.41, 5.74) is 2.08. The van der Waals surface area contributed by atoms with Gasteiger partial charge in [0.2, 0.25) is 0 Å². The van der Waals surface area contributed by atoms with Crippen LogP contribution in [0.25, 0.3) is 10.9 Å². The number of halogens is 1. The third-order valence-electron chi connectivity index (χ3n) is 3.47. The number of hydrogen-bond donors (Lipinski definition) is 1. The van der Waals surface area contributed by atoms with Gasteiger partial charge in [0, 0.05) is 21.6 Å². The Morgan fingerprint density at radius 1 is 1.10 bits per heavy atom. The van der Waals surface area contributed by atoms with Gasteiger partial charge in [0.05, 0.1) is 13.2 Å². The van der Waals surface area contributed by atoms with Gasteiger partial charge in [-0.25, -0.2) is 0 Å². The predicted octanol–water partition coefficient (Wildman–Crippen LogP) is 3.98. The van der Waals surface area contributed by atoms with E-state index < -0.39 is 0 Å². The van der Waals surface area contributed by atoms with Gasteiger partial charge in [-0.3, -0.25) is 0 Å². The van der Waals surface area contributed by atoms with Crippen LogP contribution in [0.4, 0.5) is 0 Å². The third-order valence-corrected chi connectivity index (χ3v) is 3.96. The molecule has 3 rings (SSSR count). The Balaban J connectivity index is 1.71. The number of aromatic nitrogens is 1. The highest BCUT2D eigenvalue weighted by Gasteiger charge is 2.05. The molecule has 4 heteroatoms. The fraction of sp³-hybridized carbons (Fsp3) is 0.176. The zero-order valence-electron chi connectivity index (χ0n) is 11.5. The van der Waals surface area contributed by atoms with Gasteiger partial charge in [0.1, 0.15) is 12.4 Å². The van der Waals surface area contributed by atoms with Crippen LogP contribution < -0.4 is 4.74 Å². The number of fused-ring (bicyclic) bond motifs is 1. The molecule has 0 saturated carbocycles. The van der Waals surface area contributed by atoms with Crippen molar-refractivity contribution in [3.63, 3.8) is 0 Å². The fourth-order valence-electron chi connectivity index (χ4n) is 2.44. The molecule has 0 aliphatic carbocycles. The average molecular weight is 346 g/mol. The van der Waals surface area contributed by atoms with Crippen LogP contribution in [0.3, 0.4) is 0 Å². The Bertz CT molecular complexity index is 751. The van der Waals surface area contributed by atoms with Gasteiger partial charge in [0.25, 0.3) is 0 Å². The molecular formula is C17H16BrNO2. The molecule has 0 unspecified atom stereocenters. The lowest BCUT2D eigenvalue weighted by Gasteiger charge is -2.09. The SMILES string of the molecule is OCc1cccc2c1ccn2CCOc1cccc(Br)c1. The Kier molecular flexibility index (Phi) is 4.27. The highest BCUT2D eigenvalue weighted by atomic mass is 79.9. The van der Waals surface area contributed by atoms with Gasteiger partial charge in [-0.2, -0.15) is 0 Å². The summed E-state index contributed by atoms with van der Waals surface area (Å²) in [4.78, 5) is 0. The highest BCUT2D eigenvalue weighted by Crippen LogP contribution is 2.21. The quantitative estimate of drug-likeness (QED) is 0.758. The first-order valence-electron chi connectivity index (χ1n) is 6.84. The van der Waals surface area contributed by atoms with Crippen LogP contribution in [-0.4, -0.2) is 16.3 Å². The topological polar surface area (TPSA) is 34.4 Å². The maximum atomic E-state index is 9.36. The number of benzene rings is 2. The summed E-state index contributed by atoms with van der Waals surface area (Å²) in [7, 11) is 0. The molecule has 0 aliphatic rings. The predicted molar refractivity (Wildman–Crippen MR) is 87.5 cm³/mol. The summed E-state index contributed by atoms with van der Waals surface area (Å²) < 4.78 is 8.92. The molecule has 0 aliphatic heterocycles. The summed E-state index contributed by atoms with van der Waals surface area (Å²) in [5, 5.41) is 10.5. The molecule has 108 valence electrons. The van der Waals surface area contributed by atoms with E-state index in [4.69, 9.17) is 4.74 Å². The number of hydrogen-bond acceptors (Lipinski definition) is 2. The lowest BCUT2D eigenvalue weighted by atomic mass is 10.1. The number of nitrogens with zero attached hydrogens (tertiary/aromatic N) is 1. The van der Waals surface area contributed by atoms with Gasteiger partial charge >= 0.3 is 0 Å². The summed E-state index contributed by atoms with van der Waals surface area (Å²) in [6.45, 7) is 1.43. The first kappa shape index (κ1) is 14.2. The van der Waals surface area contributed by atoms with Crippen LogP contribution in [0.15, 0.2) is 59.2 Å². The number of rotatable bonds is 5. The smallest absolute Gasteiger partial charge is 0.120 e. The standard InChI is InChI=1S/C17H16BrNO2/c18-14-4-2-5-15(11-14)21-10-9-19-8-7-16-13(12-20)3-1-6-17(16)19/h1-8,11,20H,9-10,12H2. The lowest BCUT2D eigenvalue weighted by Crippen LogP contribution is -2.07. The monoisotopic (exact) mass is 345 g/mol. The van der Waals surface area contributed by atoms with Gasteiger partial charge in [0.15, 0.2) is 0 Å². The van der Waals surface area contributed by atoms with Gasteiger partial charge in [-0.15, -0.1) is 0 Å². The van der Waals surface area contributed by atoms with E-state index in [1.807, 2.05) is 48.7 Å². The van der Waals surface area contributed by atoms with E-state index in [0.717, 1.165) is 33.2 Å². The fourth-order valence-corrected chi connectivity index (χ4v) is 2.82. The van der Waals surface area contributed by atoms with Gasteiger partial charge < -0.3 is 14.4 Å². The van der Waals surface area contributed by atoms with Crippen LogP contribution in [0.5, 0.6) is 5.75 Å². The van der Waals surface area contributed by atoms with Crippen molar-refractivity contribution in [2.75, 3.05) is 6.61 Å². The number of aliphatic hydroxyl groups excluding tert-OH is 1. The Morgan fingerprint density at radius 2 is 1.95 bits per heavy atom. The first-order chi connectivity index (χ1) is 10.3. The second-order valence-electron chi connectivity index (χ2n) is 4.82. The summed E-state index contributed by atoms with van der Waals surface area (Å²) in [6.07, 6.45) is 2.04. The largest absolute Gasteiger partial charge is 0.492 e. The van der Waals surface area contributed by atoms with Crippen LogP contribution in [0, 0.1) is 0 Å². The summed E-state index contributed by atoms with van der Waals surface area (Å²) >= 11 is 3.43. The number of aliphatic hydroxyl groups is 1. The van der Waals surface area contributed by atoms with E-state index >= 15 is 0 Å². The van der Waals surface area contributed by atoms with Crippen molar-refractivity contribution in [2.24, 2.45) is 0 Å². The molecule has 1 heterocycles. The minimum atomic E-state index is 0.0654. The minimum absolute atomic E-state index is 0.0654.